The van der Waals surface area contributed by atoms with Crippen LogP contribution in [-0.2, 0) is 6.18 Å². The maximum atomic E-state index is 12.5. The Kier molecular flexibility index (Phi) is 3.88. The Morgan fingerprint density at radius 1 is 1.42 bits per heavy atom. The molecule has 1 fully saturated rings. The summed E-state index contributed by atoms with van der Waals surface area (Å²) in [5.74, 6) is 1.47. The van der Waals surface area contributed by atoms with E-state index in [9.17, 15) is 23.3 Å². The van der Waals surface area contributed by atoms with Crippen molar-refractivity contribution in [3.63, 3.8) is 0 Å². The van der Waals surface area contributed by atoms with Crippen molar-refractivity contribution in [1.29, 1.82) is 0 Å². The Morgan fingerprint density at radius 2 is 2.16 bits per heavy atom. The lowest BCUT2D eigenvalue weighted by Crippen LogP contribution is -2.16. The zero-order valence-electron chi connectivity index (χ0n) is 9.64. The fourth-order valence-electron chi connectivity index (χ4n) is 1.72. The van der Waals surface area contributed by atoms with E-state index in [1.807, 2.05) is 0 Å². The normalized spacial score (nSPS) is 19.4. The van der Waals surface area contributed by atoms with Gasteiger partial charge in [-0.3, -0.25) is 10.1 Å². The minimum Gasteiger partial charge on any atom is -0.483 e. The molecule has 4 nitrogen and oxygen atoms in total. The first-order valence-corrected chi connectivity index (χ1v) is 6.63. The van der Waals surface area contributed by atoms with Crippen LogP contribution in [0.25, 0.3) is 0 Å². The third-order valence-corrected chi connectivity index (χ3v) is 3.80. The molecule has 0 spiro atoms. The van der Waals surface area contributed by atoms with Crippen molar-refractivity contribution in [1.82, 2.24) is 0 Å². The van der Waals surface area contributed by atoms with E-state index in [2.05, 4.69) is 0 Å². The molecule has 2 rings (SSSR count). The molecule has 1 unspecified atom stereocenters. The number of hydrogen-bond donors (Lipinski definition) is 0. The Morgan fingerprint density at radius 3 is 2.68 bits per heavy atom. The molecule has 0 aliphatic carbocycles. The van der Waals surface area contributed by atoms with Gasteiger partial charge in [0.05, 0.1) is 10.5 Å². The predicted octanol–water partition coefficient (Wildman–Crippen LogP) is 3.50. The second kappa shape index (κ2) is 5.28. The average Bonchev–Trinajstić information content (AvgIpc) is 2.80. The molecule has 19 heavy (non-hydrogen) atoms. The SMILES string of the molecule is O=[N+]([O-])c1cc(C(F)(F)F)ccc1OC1CCSC1. The third-order valence-electron chi connectivity index (χ3n) is 2.66. The number of ether oxygens (including phenoxy) is 1. The molecule has 1 saturated heterocycles. The van der Waals surface area contributed by atoms with Gasteiger partial charge in [0.1, 0.15) is 6.10 Å². The molecule has 1 heterocycles. The summed E-state index contributed by atoms with van der Waals surface area (Å²) in [6.45, 7) is 0. The predicted molar refractivity (Wildman–Crippen MR) is 64.5 cm³/mol. The van der Waals surface area contributed by atoms with Crippen LogP contribution in [0.1, 0.15) is 12.0 Å². The number of benzene rings is 1. The van der Waals surface area contributed by atoms with E-state index in [0.29, 0.717) is 11.8 Å². The van der Waals surface area contributed by atoms with E-state index in [1.165, 1.54) is 0 Å². The van der Waals surface area contributed by atoms with Crippen LogP contribution in [0.3, 0.4) is 0 Å². The van der Waals surface area contributed by atoms with Crippen molar-refractivity contribution in [2.24, 2.45) is 0 Å². The van der Waals surface area contributed by atoms with Crippen LogP contribution in [0, 0.1) is 10.1 Å². The standard InChI is InChI=1S/C11H10F3NO3S/c12-11(13,14)7-1-2-10(9(5-7)15(16)17)18-8-3-4-19-6-8/h1-2,5,8H,3-4,6H2. The van der Waals surface area contributed by atoms with Gasteiger partial charge in [-0.05, 0) is 24.3 Å². The number of nitrogens with zero attached hydrogens (tertiary/aromatic N) is 1. The highest BCUT2D eigenvalue weighted by Crippen LogP contribution is 2.37. The number of nitro groups is 1. The van der Waals surface area contributed by atoms with E-state index in [1.54, 1.807) is 11.8 Å². The first-order chi connectivity index (χ1) is 8.88. The minimum absolute atomic E-state index is 0.106. The Labute approximate surface area is 111 Å². The smallest absolute Gasteiger partial charge is 0.416 e. The Hall–Kier alpha value is -1.44. The molecule has 0 bridgehead atoms. The summed E-state index contributed by atoms with van der Waals surface area (Å²) < 4.78 is 42.9. The summed E-state index contributed by atoms with van der Waals surface area (Å²) in [7, 11) is 0. The highest BCUT2D eigenvalue weighted by molar-refractivity contribution is 7.99. The van der Waals surface area contributed by atoms with Gasteiger partial charge in [0.15, 0.2) is 5.75 Å². The summed E-state index contributed by atoms with van der Waals surface area (Å²) in [6.07, 6.45) is -4.05. The van der Waals surface area contributed by atoms with Gasteiger partial charge in [-0.15, -0.1) is 0 Å². The highest BCUT2D eigenvalue weighted by Gasteiger charge is 2.33. The fraction of sp³-hybridized carbons (Fsp3) is 0.455. The number of alkyl halides is 3. The van der Waals surface area contributed by atoms with E-state index >= 15 is 0 Å². The molecular weight excluding hydrogens is 283 g/mol. The van der Waals surface area contributed by atoms with E-state index in [4.69, 9.17) is 4.74 Å². The van der Waals surface area contributed by atoms with Crippen molar-refractivity contribution in [2.45, 2.75) is 18.7 Å². The van der Waals surface area contributed by atoms with E-state index in [0.717, 1.165) is 24.3 Å². The molecule has 0 aromatic heterocycles. The summed E-state index contributed by atoms with van der Waals surface area (Å²) in [5, 5.41) is 10.8. The second-order valence-corrected chi connectivity index (χ2v) is 5.19. The Bertz CT molecular complexity index is 487. The number of rotatable bonds is 3. The summed E-state index contributed by atoms with van der Waals surface area (Å²) in [6, 6.07) is 2.33. The van der Waals surface area contributed by atoms with Crippen molar-refractivity contribution in [2.75, 3.05) is 11.5 Å². The molecule has 8 heteroatoms. The van der Waals surface area contributed by atoms with Crippen LogP contribution in [0.2, 0.25) is 0 Å². The maximum Gasteiger partial charge on any atom is 0.416 e. The van der Waals surface area contributed by atoms with Gasteiger partial charge < -0.3 is 4.74 Å². The zero-order chi connectivity index (χ0) is 14.0. The molecule has 0 N–H and O–H groups in total. The van der Waals surface area contributed by atoms with Crippen LogP contribution in [-0.4, -0.2) is 22.5 Å². The van der Waals surface area contributed by atoms with Gasteiger partial charge >= 0.3 is 11.9 Å². The van der Waals surface area contributed by atoms with Crippen LogP contribution in [0.15, 0.2) is 18.2 Å². The van der Waals surface area contributed by atoms with Crippen molar-refractivity contribution in [3.05, 3.63) is 33.9 Å². The average molecular weight is 293 g/mol. The molecule has 0 radical (unpaired) electrons. The first-order valence-electron chi connectivity index (χ1n) is 5.48. The van der Waals surface area contributed by atoms with Gasteiger partial charge in [0.2, 0.25) is 0 Å². The number of nitro benzene ring substituents is 1. The van der Waals surface area contributed by atoms with Crippen LogP contribution >= 0.6 is 11.8 Å². The lowest BCUT2D eigenvalue weighted by Gasteiger charge is -2.13. The number of thioether (sulfide) groups is 1. The van der Waals surface area contributed by atoms with Gasteiger partial charge in [-0.25, -0.2) is 0 Å². The van der Waals surface area contributed by atoms with Crippen molar-refractivity contribution < 1.29 is 22.8 Å². The molecule has 0 saturated carbocycles. The summed E-state index contributed by atoms with van der Waals surface area (Å²) >= 11 is 1.65. The van der Waals surface area contributed by atoms with Crippen molar-refractivity contribution >= 4 is 17.4 Å². The zero-order valence-corrected chi connectivity index (χ0v) is 10.5. The van der Waals surface area contributed by atoms with Crippen LogP contribution in [0.4, 0.5) is 18.9 Å². The van der Waals surface area contributed by atoms with Crippen LogP contribution < -0.4 is 4.74 Å². The fourth-order valence-corrected chi connectivity index (χ4v) is 2.82. The monoisotopic (exact) mass is 293 g/mol. The molecule has 1 aliphatic heterocycles. The summed E-state index contributed by atoms with van der Waals surface area (Å²) in [4.78, 5) is 9.97. The number of hydrogen-bond acceptors (Lipinski definition) is 4. The van der Waals surface area contributed by atoms with Gasteiger partial charge in [0.25, 0.3) is 0 Å². The minimum atomic E-state index is -4.60. The van der Waals surface area contributed by atoms with Crippen LogP contribution in [0.5, 0.6) is 5.75 Å². The van der Waals surface area contributed by atoms with E-state index in [-0.39, 0.29) is 11.9 Å². The van der Waals surface area contributed by atoms with Gasteiger partial charge in [-0.2, -0.15) is 24.9 Å². The Balaban J connectivity index is 2.29. The lowest BCUT2D eigenvalue weighted by molar-refractivity contribution is -0.386. The summed E-state index contributed by atoms with van der Waals surface area (Å²) in [5.41, 5.74) is -1.70. The first kappa shape index (κ1) is 14.0. The third kappa shape index (κ3) is 3.31. The van der Waals surface area contributed by atoms with Gasteiger partial charge in [0, 0.05) is 11.8 Å². The molecule has 1 aromatic rings. The molecule has 1 atom stereocenters. The van der Waals surface area contributed by atoms with Gasteiger partial charge in [-0.1, -0.05) is 0 Å². The molecule has 0 amide bonds. The molecule has 1 aromatic carbocycles. The molecule has 1 aliphatic rings. The highest BCUT2D eigenvalue weighted by atomic mass is 32.2. The second-order valence-electron chi connectivity index (χ2n) is 4.04. The van der Waals surface area contributed by atoms with Crippen molar-refractivity contribution in [3.8, 4) is 5.75 Å². The lowest BCUT2D eigenvalue weighted by atomic mass is 10.2. The largest absolute Gasteiger partial charge is 0.483 e. The topological polar surface area (TPSA) is 52.4 Å². The molecule has 104 valence electrons. The number of halogens is 3. The quantitative estimate of drug-likeness (QED) is 0.632. The maximum absolute atomic E-state index is 12.5. The van der Waals surface area contributed by atoms with E-state index < -0.39 is 22.4 Å². The molecular formula is C11H10F3NO3S.